The Labute approximate surface area is 136 Å². The van der Waals surface area contributed by atoms with Crippen LogP contribution in [0.15, 0.2) is 14.7 Å². The number of esters is 1. The van der Waals surface area contributed by atoms with Crippen LogP contribution in [0.1, 0.15) is 28.9 Å². The van der Waals surface area contributed by atoms with Gasteiger partial charge >= 0.3 is 5.97 Å². The molecule has 9 heteroatoms. The first-order chi connectivity index (χ1) is 9.94. The first-order valence-corrected chi connectivity index (χ1v) is 9.64. The summed E-state index contributed by atoms with van der Waals surface area (Å²) in [5.74, 6) is -0.545. The first kappa shape index (κ1) is 16.9. The standard InChI is InChI=1S/C12H17BrN2O4S2/c1-19-12(16)9-6-10(11(13)20-9)21(17,18)15-7-8-4-2-3-5-14-8/h6,8,14-15H,2-5,7H2,1H3. The van der Waals surface area contributed by atoms with Gasteiger partial charge in [-0.2, -0.15) is 0 Å². The van der Waals surface area contributed by atoms with Gasteiger partial charge in [0.1, 0.15) is 9.77 Å². The van der Waals surface area contributed by atoms with E-state index in [1.165, 1.54) is 13.2 Å². The number of nitrogens with one attached hydrogen (secondary N) is 2. The molecule has 118 valence electrons. The van der Waals surface area contributed by atoms with Crippen molar-refractivity contribution in [3.8, 4) is 0 Å². The third-order valence-corrected chi connectivity index (χ3v) is 6.92. The van der Waals surface area contributed by atoms with Gasteiger partial charge in [0.05, 0.1) is 10.9 Å². The van der Waals surface area contributed by atoms with E-state index in [-0.39, 0.29) is 15.8 Å². The molecule has 0 bridgehead atoms. The molecule has 1 unspecified atom stereocenters. The number of methoxy groups -OCH3 is 1. The topological polar surface area (TPSA) is 84.5 Å². The lowest BCUT2D eigenvalue weighted by Crippen LogP contribution is -2.43. The third-order valence-electron chi connectivity index (χ3n) is 3.26. The van der Waals surface area contributed by atoms with Crippen LogP contribution in [0.3, 0.4) is 0 Å². The lowest BCUT2D eigenvalue weighted by molar-refractivity contribution is 0.0606. The van der Waals surface area contributed by atoms with Crippen molar-refractivity contribution in [2.75, 3.05) is 20.2 Å². The fraction of sp³-hybridized carbons (Fsp3) is 0.583. The molecule has 0 aromatic carbocycles. The number of rotatable bonds is 5. The average Bonchev–Trinajstić information content (AvgIpc) is 2.88. The summed E-state index contributed by atoms with van der Waals surface area (Å²) in [5.41, 5.74) is 0. The van der Waals surface area contributed by atoms with Gasteiger partial charge in [0.2, 0.25) is 10.0 Å². The van der Waals surface area contributed by atoms with Crippen molar-refractivity contribution in [3.05, 3.63) is 14.7 Å². The Morgan fingerprint density at radius 3 is 2.95 bits per heavy atom. The maximum atomic E-state index is 12.3. The van der Waals surface area contributed by atoms with Crippen LogP contribution in [0, 0.1) is 0 Å². The predicted octanol–water partition coefficient (Wildman–Crippen LogP) is 1.72. The number of thiophene rings is 1. The second-order valence-corrected chi connectivity index (χ2v) is 8.84. The molecule has 2 rings (SSSR count). The maximum Gasteiger partial charge on any atom is 0.348 e. The van der Waals surface area contributed by atoms with Crippen molar-refractivity contribution in [1.29, 1.82) is 0 Å². The van der Waals surface area contributed by atoms with E-state index in [1.54, 1.807) is 0 Å². The highest BCUT2D eigenvalue weighted by Crippen LogP contribution is 2.32. The SMILES string of the molecule is COC(=O)c1cc(S(=O)(=O)NCC2CCCCN2)c(Br)s1. The van der Waals surface area contributed by atoms with E-state index in [1.807, 2.05) is 0 Å². The molecule has 0 amide bonds. The van der Waals surface area contributed by atoms with Crippen LogP contribution < -0.4 is 10.0 Å². The van der Waals surface area contributed by atoms with E-state index in [0.717, 1.165) is 37.1 Å². The Hall–Kier alpha value is -0.480. The van der Waals surface area contributed by atoms with Gasteiger partial charge in [-0.15, -0.1) is 11.3 Å². The molecule has 2 N–H and O–H groups in total. The molecule has 0 radical (unpaired) electrons. The summed E-state index contributed by atoms with van der Waals surface area (Å²) in [7, 11) is -2.38. The molecule has 1 aromatic heterocycles. The highest BCUT2D eigenvalue weighted by atomic mass is 79.9. The van der Waals surface area contributed by atoms with E-state index in [0.29, 0.717) is 10.3 Å². The highest BCUT2D eigenvalue weighted by molar-refractivity contribution is 9.11. The van der Waals surface area contributed by atoms with E-state index >= 15 is 0 Å². The molecule has 1 aliphatic rings. The zero-order valence-corrected chi connectivity index (χ0v) is 14.7. The molecule has 1 fully saturated rings. The molecule has 1 atom stereocenters. The van der Waals surface area contributed by atoms with Gasteiger partial charge < -0.3 is 10.1 Å². The number of ether oxygens (including phenoxy) is 1. The number of sulfonamides is 1. The molecule has 1 aromatic rings. The van der Waals surface area contributed by atoms with Gasteiger partial charge in [-0.1, -0.05) is 6.42 Å². The van der Waals surface area contributed by atoms with Gasteiger partial charge in [0, 0.05) is 12.6 Å². The van der Waals surface area contributed by atoms with Crippen molar-refractivity contribution in [2.24, 2.45) is 0 Å². The summed E-state index contributed by atoms with van der Waals surface area (Å²) in [5, 5.41) is 3.28. The molecule has 6 nitrogen and oxygen atoms in total. The van der Waals surface area contributed by atoms with Gasteiger partial charge in [-0.25, -0.2) is 17.9 Å². The Kier molecular flexibility index (Phi) is 5.78. The summed E-state index contributed by atoms with van der Waals surface area (Å²) >= 11 is 4.24. The minimum Gasteiger partial charge on any atom is -0.465 e. The average molecular weight is 397 g/mol. The Morgan fingerprint density at radius 2 is 2.33 bits per heavy atom. The highest BCUT2D eigenvalue weighted by Gasteiger charge is 2.24. The quantitative estimate of drug-likeness (QED) is 0.740. The van der Waals surface area contributed by atoms with Gasteiger partial charge in [-0.3, -0.25) is 0 Å². The zero-order chi connectivity index (χ0) is 15.5. The van der Waals surface area contributed by atoms with E-state index in [9.17, 15) is 13.2 Å². The van der Waals surface area contributed by atoms with Crippen LogP contribution in [0.4, 0.5) is 0 Å². The Balaban J connectivity index is 2.08. The second kappa shape index (κ2) is 7.19. The summed E-state index contributed by atoms with van der Waals surface area (Å²) in [6.07, 6.45) is 3.19. The normalized spacial score (nSPS) is 19.4. The number of hydrogen-bond acceptors (Lipinski definition) is 6. The Morgan fingerprint density at radius 1 is 1.57 bits per heavy atom. The first-order valence-electron chi connectivity index (χ1n) is 6.54. The molecule has 0 saturated carbocycles. The molecule has 0 aliphatic carbocycles. The van der Waals surface area contributed by atoms with E-state index in [2.05, 4.69) is 30.7 Å². The molecular weight excluding hydrogens is 380 g/mol. The maximum absolute atomic E-state index is 12.3. The lowest BCUT2D eigenvalue weighted by atomic mass is 10.1. The van der Waals surface area contributed by atoms with Crippen molar-refractivity contribution in [2.45, 2.75) is 30.2 Å². The monoisotopic (exact) mass is 396 g/mol. The van der Waals surface area contributed by atoms with E-state index in [4.69, 9.17) is 0 Å². The fourth-order valence-corrected chi connectivity index (χ4v) is 5.68. The van der Waals surface area contributed by atoms with Crippen molar-refractivity contribution in [3.63, 3.8) is 0 Å². The third kappa shape index (κ3) is 4.26. The molecule has 1 saturated heterocycles. The minimum atomic E-state index is -3.65. The summed E-state index contributed by atoms with van der Waals surface area (Å²) in [4.78, 5) is 11.8. The van der Waals surface area contributed by atoms with Gasteiger partial charge in [0.15, 0.2) is 0 Å². The predicted molar refractivity (Wildman–Crippen MR) is 84.2 cm³/mol. The second-order valence-electron chi connectivity index (χ2n) is 4.74. The molecule has 2 heterocycles. The number of hydrogen-bond donors (Lipinski definition) is 2. The summed E-state index contributed by atoms with van der Waals surface area (Å²) < 4.78 is 32.2. The van der Waals surface area contributed by atoms with Crippen LogP contribution in [-0.4, -0.2) is 40.6 Å². The van der Waals surface area contributed by atoms with Crippen molar-refractivity contribution >= 4 is 43.3 Å². The molecule has 1 aliphatic heterocycles. The van der Waals surface area contributed by atoms with Crippen LogP contribution in [0.25, 0.3) is 0 Å². The fourth-order valence-electron chi connectivity index (χ4n) is 2.12. The number of carbonyl (C=O) groups is 1. The van der Waals surface area contributed by atoms with Crippen LogP contribution in [0.2, 0.25) is 0 Å². The number of piperidine rings is 1. The van der Waals surface area contributed by atoms with Gasteiger partial charge in [0.25, 0.3) is 0 Å². The molecule has 21 heavy (non-hydrogen) atoms. The summed E-state index contributed by atoms with van der Waals surface area (Å²) in [6.45, 7) is 1.26. The van der Waals surface area contributed by atoms with Crippen molar-refractivity contribution in [1.82, 2.24) is 10.0 Å². The van der Waals surface area contributed by atoms with Crippen LogP contribution in [0.5, 0.6) is 0 Å². The molecular formula is C12H17BrN2O4S2. The minimum absolute atomic E-state index is 0.0729. The van der Waals surface area contributed by atoms with E-state index < -0.39 is 16.0 Å². The van der Waals surface area contributed by atoms with Crippen molar-refractivity contribution < 1.29 is 17.9 Å². The van der Waals surface area contributed by atoms with Crippen LogP contribution in [-0.2, 0) is 14.8 Å². The number of halogens is 1. The van der Waals surface area contributed by atoms with Gasteiger partial charge in [-0.05, 0) is 41.4 Å². The Bertz CT molecular complexity index is 609. The smallest absolute Gasteiger partial charge is 0.348 e. The zero-order valence-electron chi connectivity index (χ0n) is 11.5. The largest absolute Gasteiger partial charge is 0.465 e. The number of carbonyl (C=O) groups excluding carboxylic acids is 1. The molecule has 0 spiro atoms. The van der Waals surface area contributed by atoms with Crippen LogP contribution >= 0.6 is 27.3 Å². The lowest BCUT2D eigenvalue weighted by Gasteiger charge is -2.23. The summed E-state index contributed by atoms with van der Waals surface area (Å²) in [6, 6.07) is 1.49.